The topological polar surface area (TPSA) is 133 Å². The van der Waals surface area contributed by atoms with Crippen LogP contribution in [0.3, 0.4) is 0 Å². The van der Waals surface area contributed by atoms with Gasteiger partial charge < -0.3 is 23.9 Å². The Kier molecular flexibility index (Phi) is 7.25. The minimum absolute atomic E-state index is 0.173. The summed E-state index contributed by atoms with van der Waals surface area (Å²) in [5.74, 6) is -0.154. The number of methoxy groups -OCH3 is 1. The molecule has 2 aliphatic heterocycles. The maximum absolute atomic E-state index is 13.6. The van der Waals surface area contributed by atoms with Crippen molar-refractivity contribution in [3.63, 3.8) is 0 Å². The first-order valence-electron chi connectivity index (χ1n) is 11.2. The molecule has 1 saturated heterocycles. The molecule has 0 saturated carbocycles. The number of nitro groups is 1. The number of hydrogen-bond acceptors (Lipinski definition) is 10. The van der Waals surface area contributed by atoms with E-state index in [1.165, 1.54) is 37.1 Å². The molecule has 1 aromatic heterocycles. The number of nitrogens with zero attached hydrogens (tertiary/aromatic N) is 2. The monoisotopic (exact) mass is 515 g/mol. The largest absolute Gasteiger partial charge is 0.490 e. The summed E-state index contributed by atoms with van der Waals surface area (Å²) in [4.78, 5) is 38.6. The molecule has 12 heteroatoms. The number of hydrogen-bond donors (Lipinski definition) is 1. The average Bonchev–Trinajstić information content (AvgIpc) is 3.44. The molecule has 1 N–H and O–H groups in total. The van der Waals surface area contributed by atoms with Crippen LogP contribution in [0.2, 0.25) is 0 Å². The van der Waals surface area contributed by atoms with Crippen LogP contribution in [-0.4, -0.2) is 47.5 Å². The summed E-state index contributed by atoms with van der Waals surface area (Å²) in [5, 5.41) is 14.2. The Labute approximate surface area is 211 Å². The quantitative estimate of drug-likeness (QED) is 0.238. The molecular weight excluding hydrogens is 490 g/mol. The minimum Gasteiger partial charge on any atom is -0.490 e. The third-order valence-electron chi connectivity index (χ3n) is 5.59. The van der Waals surface area contributed by atoms with Gasteiger partial charge in [0, 0.05) is 11.8 Å². The van der Waals surface area contributed by atoms with E-state index in [4.69, 9.17) is 18.6 Å². The van der Waals surface area contributed by atoms with Crippen molar-refractivity contribution in [2.45, 2.75) is 32.3 Å². The highest BCUT2D eigenvalue weighted by atomic mass is 32.2. The van der Waals surface area contributed by atoms with Crippen molar-refractivity contribution in [1.82, 2.24) is 10.2 Å². The first-order chi connectivity index (χ1) is 17.3. The van der Waals surface area contributed by atoms with Crippen LogP contribution < -0.4 is 14.8 Å². The molecule has 4 rings (SSSR count). The highest BCUT2D eigenvalue weighted by molar-refractivity contribution is 8.05. The van der Waals surface area contributed by atoms with Gasteiger partial charge in [0.05, 0.1) is 42.9 Å². The van der Waals surface area contributed by atoms with E-state index in [0.29, 0.717) is 40.9 Å². The first-order valence-corrected chi connectivity index (χ1v) is 12.1. The molecule has 0 bridgehead atoms. The summed E-state index contributed by atoms with van der Waals surface area (Å²) in [6.45, 7) is 6.31. The number of furan rings is 1. The number of thioether (sulfide) groups is 1. The van der Waals surface area contributed by atoms with Crippen LogP contribution in [0, 0.1) is 10.1 Å². The molecule has 0 radical (unpaired) electrons. The van der Waals surface area contributed by atoms with Crippen molar-refractivity contribution in [2.24, 2.45) is 0 Å². The molecule has 1 fully saturated rings. The summed E-state index contributed by atoms with van der Waals surface area (Å²) in [5.41, 5.74) is 0.950. The zero-order chi connectivity index (χ0) is 26.0. The number of esters is 1. The van der Waals surface area contributed by atoms with Crippen molar-refractivity contribution in [2.75, 3.05) is 20.3 Å². The Balaban J connectivity index is 1.79. The van der Waals surface area contributed by atoms with Gasteiger partial charge in [0.25, 0.3) is 5.91 Å². The number of fused-ring (bicyclic) bond motifs is 1. The van der Waals surface area contributed by atoms with E-state index in [0.717, 1.165) is 0 Å². The van der Waals surface area contributed by atoms with Crippen molar-refractivity contribution >= 4 is 35.6 Å². The van der Waals surface area contributed by atoms with E-state index in [1.54, 1.807) is 30.0 Å². The lowest BCUT2D eigenvalue weighted by Crippen LogP contribution is -2.49. The lowest BCUT2D eigenvalue weighted by Gasteiger charge is -2.39. The molecule has 2 aromatic rings. The van der Waals surface area contributed by atoms with Gasteiger partial charge in [-0.3, -0.25) is 19.8 Å². The number of benzene rings is 1. The van der Waals surface area contributed by atoms with E-state index < -0.39 is 28.3 Å². The van der Waals surface area contributed by atoms with Crippen LogP contribution in [0.5, 0.6) is 11.5 Å². The fourth-order valence-corrected chi connectivity index (χ4v) is 5.30. The van der Waals surface area contributed by atoms with Gasteiger partial charge >= 0.3 is 11.9 Å². The second kappa shape index (κ2) is 10.4. The Bertz CT molecular complexity index is 1270. The molecule has 1 aromatic carbocycles. The van der Waals surface area contributed by atoms with E-state index >= 15 is 0 Å². The third-order valence-corrected chi connectivity index (χ3v) is 6.70. The third kappa shape index (κ3) is 4.63. The Morgan fingerprint density at radius 1 is 1.22 bits per heavy atom. The fourth-order valence-electron chi connectivity index (χ4n) is 4.10. The summed E-state index contributed by atoms with van der Waals surface area (Å²) < 4.78 is 21.7. The minimum atomic E-state index is -0.782. The van der Waals surface area contributed by atoms with Crippen LogP contribution in [0.4, 0.5) is 5.88 Å². The predicted molar refractivity (Wildman–Crippen MR) is 131 cm³/mol. The molecule has 2 aliphatic rings. The molecule has 190 valence electrons. The normalized spacial score (nSPS) is 20.3. The number of rotatable bonds is 8. The molecule has 3 heterocycles. The van der Waals surface area contributed by atoms with Gasteiger partial charge in [-0.2, -0.15) is 0 Å². The fraction of sp³-hybridized carbons (Fsp3) is 0.333. The highest BCUT2D eigenvalue weighted by Crippen LogP contribution is 2.47. The molecule has 11 nitrogen and oxygen atoms in total. The van der Waals surface area contributed by atoms with Gasteiger partial charge in [-0.15, -0.1) is 0 Å². The second-order valence-electron chi connectivity index (χ2n) is 7.77. The Morgan fingerprint density at radius 2 is 1.94 bits per heavy atom. The van der Waals surface area contributed by atoms with Gasteiger partial charge in [-0.1, -0.05) is 17.8 Å². The van der Waals surface area contributed by atoms with Crippen LogP contribution >= 0.6 is 11.8 Å². The molecule has 0 aliphatic carbocycles. The zero-order valence-corrected chi connectivity index (χ0v) is 20.9. The second-order valence-corrected chi connectivity index (χ2v) is 8.90. The summed E-state index contributed by atoms with van der Waals surface area (Å²) >= 11 is 1.22. The lowest BCUT2D eigenvalue weighted by molar-refractivity contribution is -0.402. The summed E-state index contributed by atoms with van der Waals surface area (Å²) in [6, 6.07) is 7.15. The van der Waals surface area contributed by atoms with Crippen molar-refractivity contribution < 1.29 is 33.1 Å². The van der Waals surface area contributed by atoms with Gasteiger partial charge in [0.2, 0.25) is 0 Å². The number of carbonyl (C=O) groups excluding carboxylic acids is 2. The number of ether oxygens (including phenoxy) is 3. The number of allylic oxidation sites excluding steroid dienone is 1. The van der Waals surface area contributed by atoms with Gasteiger partial charge in [-0.25, -0.2) is 4.79 Å². The maximum atomic E-state index is 13.6. The summed E-state index contributed by atoms with van der Waals surface area (Å²) in [6.07, 6.45) is 1.45. The molecule has 0 unspecified atom stereocenters. The molecular formula is C24H25N3O8S. The van der Waals surface area contributed by atoms with E-state index in [9.17, 15) is 19.7 Å². The lowest BCUT2D eigenvalue weighted by atomic mass is 9.93. The van der Waals surface area contributed by atoms with E-state index in [2.05, 4.69) is 5.32 Å². The number of carbonyl (C=O) groups is 2. The maximum Gasteiger partial charge on any atom is 0.433 e. The molecule has 0 spiro atoms. The van der Waals surface area contributed by atoms with Crippen LogP contribution in [0.15, 0.2) is 50.9 Å². The number of nitrogens with one attached hydrogen (secondary N) is 1. The zero-order valence-electron chi connectivity index (χ0n) is 20.1. The molecule has 2 atom stereocenters. The smallest absolute Gasteiger partial charge is 0.433 e. The van der Waals surface area contributed by atoms with Crippen LogP contribution in [0.1, 0.15) is 38.1 Å². The summed E-state index contributed by atoms with van der Waals surface area (Å²) in [7, 11) is 1.28. The van der Waals surface area contributed by atoms with Crippen molar-refractivity contribution in [3.8, 4) is 11.5 Å². The van der Waals surface area contributed by atoms with Crippen molar-refractivity contribution in [1.29, 1.82) is 0 Å². The first kappa shape index (κ1) is 25.2. The van der Waals surface area contributed by atoms with Gasteiger partial charge in [-0.05, 0) is 44.5 Å². The molecule has 1 amide bonds. The number of amides is 1. The average molecular weight is 516 g/mol. The SMILES string of the molecule is CCOc1ccc([C@@H]2C(C(=O)OC)=C(C)N[C@@H]3S/C(=C\c4ccc([N+](=O)[O-])o4)C(=O)N32)cc1OCC. The van der Waals surface area contributed by atoms with Crippen LogP contribution in [-0.2, 0) is 14.3 Å². The van der Waals surface area contributed by atoms with Crippen molar-refractivity contribution in [3.05, 3.63) is 67.9 Å². The van der Waals surface area contributed by atoms with Gasteiger partial charge in [0.1, 0.15) is 10.7 Å². The van der Waals surface area contributed by atoms with E-state index in [-0.39, 0.29) is 17.2 Å². The van der Waals surface area contributed by atoms with E-state index in [1.807, 2.05) is 13.8 Å². The Morgan fingerprint density at radius 3 is 2.58 bits per heavy atom. The van der Waals surface area contributed by atoms with Gasteiger partial charge in [0.15, 0.2) is 17.0 Å². The Hall–Kier alpha value is -3.93. The standard InChI is InChI=1S/C24H25N3O8S/c1-5-33-16-9-7-14(11-17(16)34-6-2)21-20(23(29)32-4)13(3)25-24-26(21)22(28)18(36-24)12-15-8-10-19(35-15)27(30)31/h7-12,21,24-25H,5-6H2,1-4H3/b18-12-/t21-,24+/m1/s1. The molecule has 36 heavy (non-hydrogen) atoms. The highest BCUT2D eigenvalue weighted by Gasteiger charge is 2.48. The predicted octanol–water partition coefficient (Wildman–Crippen LogP) is 3.98. The van der Waals surface area contributed by atoms with Crippen LogP contribution in [0.25, 0.3) is 6.08 Å².